The molecule has 0 aliphatic carbocycles. The molecule has 1 heterocycles. The van der Waals surface area contributed by atoms with Gasteiger partial charge in [-0.25, -0.2) is 4.98 Å². The maximum absolute atomic E-state index is 12.2. The summed E-state index contributed by atoms with van der Waals surface area (Å²) in [5.74, 6) is 0.384. The highest BCUT2D eigenvalue weighted by Gasteiger charge is 2.13. The Morgan fingerprint density at radius 2 is 1.78 bits per heavy atom. The van der Waals surface area contributed by atoms with Gasteiger partial charge in [-0.1, -0.05) is 37.3 Å². The molecular formula is C20H22N4O3. The summed E-state index contributed by atoms with van der Waals surface area (Å²) in [6, 6.07) is 16.8. The molecule has 140 valence electrons. The topological polar surface area (TPSA) is 85.2 Å². The number of rotatable bonds is 8. The number of anilines is 1. The fourth-order valence-corrected chi connectivity index (χ4v) is 2.69. The molecule has 3 rings (SSSR count). The first-order chi connectivity index (χ1) is 13.2. The Morgan fingerprint density at radius 3 is 2.56 bits per heavy atom. The minimum Gasteiger partial charge on any atom is -0.484 e. The molecule has 0 aliphatic rings. The molecule has 0 aliphatic heterocycles. The van der Waals surface area contributed by atoms with Gasteiger partial charge < -0.3 is 14.6 Å². The number of hydrogen-bond acceptors (Lipinski definition) is 4. The standard InChI is InChI=1S/C20H22N4O3/c1-2-12-24-17-11-7-6-10-16(17)22-20(24)23-18(25)13-21-19(26)14-27-15-8-4-3-5-9-15/h3-11H,2,12-14H2,1H3,(H,21,26)(H,22,23,25). The fourth-order valence-electron chi connectivity index (χ4n) is 2.69. The van der Waals surface area contributed by atoms with Crippen LogP contribution in [0.2, 0.25) is 0 Å². The summed E-state index contributed by atoms with van der Waals surface area (Å²) in [4.78, 5) is 28.5. The zero-order valence-corrected chi connectivity index (χ0v) is 15.1. The summed E-state index contributed by atoms with van der Waals surface area (Å²) in [6.07, 6.45) is 0.913. The number of aromatic nitrogens is 2. The molecule has 0 saturated heterocycles. The molecule has 0 unspecified atom stereocenters. The predicted octanol–water partition coefficient (Wildman–Crippen LogP) is 2.58. The van der Waals surface area contributed by atoms with Crippen molar-refractivity contribution in [3.63, 3.8) is 0 Å². The number of imidazole rings is 1. The molecule has 2 N–H and O–H groups in total. The van der Waals surface area contributed by atoms with Crippen LogP contribution in [0.25, 0.3) is 11.0 Å². The fraction of sp³-hybridized carbons (Fsp3) is 0.250. The summed E-state index contributed by atoms with van der Waals surface area (Å²) >= 11 is 0. The van der Waals surface area contributed by atoms with E-state index in [0.29, 0.717) is 11.7 Å². The highest BCUT2D eigenvalue weighted by atomic mass is 16.5. The van der Waals surface area contributed by atoms with E-state index in [1.165, 1.54) is 0 Å². The number of hydrogen-bond donors (Lipinski definition) is 2. The van der Waals surface area contributed by atoms with Crippen LogP contribution in [0.5, 0.6) is 5.75 Å². The minimum atomic E-state index is -0.365. The number of fused-ring (bicyclic) bond motifs is 1. The monoisotopic (exact) mass is 366 g/mol. The molecule has 0 bridgehead atoms. The number of aryl methyl sites for hydroxylation is 1. The Morgan fingerprint density at radius 1 is 1.04 bits per heavy atom. The van der Waals surface area contributed by atoms with E-state index >= 15 is 0 Å². The largest absolute Gasteiger partial charge is 0.484 e. The number of ether oxygens (including phenoxy) is 1. The average molecular weight is 366 g/mol. The van der Waals surface area contributed by atoms with E-state index in [0.717, 1.165) is 24.0 Å². The van der Waals surface area contributed by atoms with Gasteiger partial charge in [-0.2, -0.15) is 0 Å². The Balaban J connectivity index is 1.54. The Labute approximate surface area is 157 Å². The summed E-state index contributed by atoms with van der Waals surface area (Å²) in [7, 11) is 0. The number of nitrogens with zero attached hydrogens (tertiary/aromatic N) is 2. The first-order valence-electron chi connectivity index (χ1n) is 8.87. The van der Waals surface area contributed by atoms with Crippen molar-refractivity contribution < 1.29 is 14.3 Å². The third-order valence-corrected chi connectivity index (χ3v) is 3.91. The smallest absolute Gasteiger partial charge is 0.258 e. The number of carbonyl (C=O) groups is 2. The number of para-hydroxylation sites is 3. The van der Waals surface area contributed by atoms with Gasteiger partial charge in [0.15, 0.2) is 6.61 Å². The molecule has 27 heavy (non-hydrogen) atoms. The highest BCUT2D eigenvalue weighted by Crippen LogP contribution is 2.19. The van der Waals surface area contributed by atoms with Gasteiger partial charge in [0.05, 0.1) is 17.6 Å². The Bertz CT molecular complexity index is 921. The molecule has 3 aromatic rings. The zero-order chi connectivity index (χ0) is 19.1. The molecule has 0 atom stereocenters. The highest BCUT2D eigenvalue weighted by molar-refractivity contribution is 5.95. The van der Waals surface area contributed by atoms with Gasteiger partial charge in [0.2, 0.25) is 11.9 Å². The summed E-state index contributed by atoms with van der Waals surface area (Å²) < 4.78 is 7.31. The van der Waals surface area contributed by atoms with Crippen LogP contribution in [0, 0.1) is 0 Å². The molecule has 7 nitrogen and oxygen atoms in total. The van der Waals surface area contributed by atoms with Crippen molar-refractivity contribution in [3.05, 3.63) is 54.6 Å². The quantitative estimate of drug-likeness (QED) is 0.642. The van der Waals surface area contributed by atoms with E-state index in [1.807, 2.05) is 47.0 Å². The van der Waals surface area contributed by atoms with E-state index < -0.39 is 0 Å². The van der Waals surface area contributed by atoms with Crippen LogP contribution >= 0.6 is 0 Å². The summed E-state index contributed by atoms with van der Waals surface area (Å²) in [5, 5.41) is 5.32. The van der Waals surface area contributed by atoms with Gasteiger partial charge in [0.25, 0.3) is 5.91 Å². The van der Waals surface area contributed by atoms with Gasteiger partial charge in [-0.15, -0.1) is 0 Å². The number of carbonyl (C=O) groups excluding carboxylic acids is 2. The van der Waals surface area contributed by atoms with Crippen LogP contribution in [0.4, 0.5) is 5.95 Å². The van der Waals surface area contributed by atoms with Crippen molar-refractivity contribution in [1.29, 1.82) is 0 Å². The SMILES string of the molecule is CCCn1c(NC(=O)CNC(=O)COc2ccccc2)nc2ccccc21. The molecule has 2 aromatic carbocycles. The normalized spacial score (nSPS) is 10.6. The first kappa shape index (κ1) is 18.4. The molecular weight excluding hydrogens is 344 g/mol. The third kappa shape index (κ3) is 4.84. The lowest BCUT2D eigenvalue weighted by Crippen LogP contribution is -2.36. The summed E-state index contributed by atoms with van der Waals surface area (Å²) in [5.41, 5.74) is 1.79. The van der Waals surface area contributed by atoms with Gasteiger partial charge in [-0.3, -0.25) is 14.9 Å². The zero-order valence-electron chi connectivity index (χ0n) is 15.1. The Kier molecular flexibility index (Phi) is 6.04. The van der Waals surface area contributed by atoms with Gasteiger partial charge in [0, 0.05) is 6.54 Å². The lowest BCUT2D eigenvalue weighted by atomic mass is 10.3. The second-order valence-corrected chi connectivity index (χ2v) is 6.00. The van der Waals surface area contributed by atoms with E-state index in [2.05, 4.69) is 22.5 Å². The molecule has 7 heteroatoms. The van der Waals surface area contributed by atoms with Gasteiger partial charge in [-0.05, 0) is 30.7 Å². The Hall–Kier alpha value is -3.35. The van der Waals surface area contributed by atoms with E-state index in [9.17, 15) is 9.59 Å². The van der Waals surface area contributed by atoms with Crippen molar-refractivity contribution >= 4 is 28.8 Å². The van der Waals surface area contributed by atoms with Crippen LogP contribution in [-0.4, -0.2) is 34.5 Å². The predicted molar refractivity (Wildman–Crippen MR) is 104 cm³/mol. The number of benzene rings is 2. The minimum absolute atomic E-state index is 0.147. The summed E-state index contributed by atoms with van der Waals surface area (Å²) in [6.45, 7) is 2.51. The van der Waals surface area contributed by atoms with Crippen LogP contribution in [0.3, 0.4) is 0 Å². The van der Waals surface area contributed by atoms with E-state index in [4.69, 9.17) is 4.74 Å². The lowest BCUT2D eigenvalue weighted by Gasteiger charge is -2.10. The lowest BCUT2D eigenvalue weighted by molar-refractivity contribution is -0.125. The van der Waals surface area contributed by atoms with Crippen molar-refractivity contribution in [2.75, 3.05) is 18.5 Å². The van der Waals surface area contributed by atoms with Crippen LogP contribution in [0.15, 0.2) is 54.6 Å². The van der Waals surface area contributed by atoms with Gasteiger partial charge >= 0.3 is 0 Å². The second kappa shape index (κ2) is 8.84. The van der Waals surface area contributed by atoms with Gasteiger partial charge in [0.1, 0.15) is 5.75 Å². The molecule has 1 aromatic heterocycles. The van der Waals surface area contributed by atoms with Crippen molar-refractivity contribution in [2.24, 2.45) is 0 Å². The maximum Gasteiger partial charge on any atom is 0.258 e. The third-order valence-electron chi connectivity index (χ3n) is 3.91. The van der Waals surface area contributed by atoms with Crippen LogP contribution in [0.1, 0.15) is 13.3 Å². The molecule has 0 saturated carbocycles. The van der Waals surface area contributed by atoms with Crippen molar-refractivity contribution in [2.45, 2.75) is 19.9 Å². The van der Waals surface area contributed by atoms with E-state index in [1.54, 1.807) is 12.1 Å². The second-order valence-electron chi connectivity index (χ2n) is 6.00. The number of amides is 2. The van der Waals surface area contributed by atoms with Crippen molar-refractivity contribution in [1.82, 2.24) is 14.9 Å². The van der Waals surface area contributed by atoms with Crippen LogP contribution < -0.4 is 15.4 Å². The number of nitrogens with one attached hydrogen (secondary N) is 2. The molecule has 2 amide bonds. The average Bonchev–Trinajstić information content (AvgIpc) is 3.03. The molecule has 0 radical (unpaired) electrons. The van der Waals surface area contributed by atoms with E-state index in [-0.39, 0.29) is 25.0 Å². The maximum atomic E-state index is 12.2. The van der Waals surface area contributed by atoms with Crippen molar-refractivity contribution in [3.8, 4) is 5.75 Å². The first-order valence-corrected chi connectivity index (χ1v) is 8.87. The molecule has 0 spiro atoms. The molecule has 0 fully saturated rings. The van der Waals surface area contributed by atoms with Crippen LogP contribution in [-0.2, 0) is 16.1 Å².